The molecule has 2 aliphatic heterocycles. The molecule has 0 unspecified atom stereocenters. The minimum atomic E-state index is -1.17. The fraction of sp³-hybridized carbons (Fsp3) is 0.407. The van der Waals surface area contributed by atoms with Crippen molar-refractivity contribution in [2.24, 2.45) is 0 Å². The summed E-state index contributed by atoms with van der Waals surface area (Å²) >= 11 is 6.13. The van der Waals surface area contributed by atoms with E-state index in [1.54, 1.807) is 43.2 Å². The number of rotatable bonds is 8. The number of aromatic nitrogens is 1. The Bertz CT molecular complexity index is 1380. The number of carbonyl (C=O) groups is 2. The highest BCUT2D eigenvalue weighted by Gasteiger charge is 2.60. The molecular weight excluding hydrogens is 499 g/mol. The van der Waals surface area contributed by atoms with Gasteiger partial charge >= 0.3 is 6.03 Å². The number of carbonyl (C=O) groups excluding carboxylic acids is 2. The van der Waals surface area contributed by atoms with E-state index in [-0.39, 0.29) is 29.6 Å². The number of benzene rings is 2. The van der Waals surface area contributed by atoms with Gasteiger partial charge < -0.3 is 14.8 Å². The molecule has 3 aromatic rings. The molecule has 0 spiro atoms. The van der Waals surface area contributed by atoms with Crippen molar-refractivity contribution < 1.29 is 23.8 Å². The number of nitrogens with zero attached hydrogens (tertiary/aromatic N) is 3. The standard InChI is InChI=1S/C27H30ClFN4O4/c1-4-31(10-11-37-3)8-9-32-25(35)27(2)15-19-18-13-20(28)21(29)14-22(18)30-23(19)24(33(27)26(32)36)16-6-5-7-17(34)12-16/h5-7,12-14,24,30,34H,4,8-11,15H2,1-3H3/t24-,27+/m1/s1. The van der Waals surface area contributed by atoms with Gasteiger partial charge in [-0.15, -0.1) is 0 Å². The molecule has 2 aliphatic rings. The molecule has 1 aromatic heterocycles. The van der Waals surface area contributed by atoms with E-state index in [0.717, 1.165) is 12.1 Å². The van der Waals surface area contributed by atoms with E-state index in [2.05, 4.69) is 9.88 Å². The van der Waals surface area contributed by atoms with Gasteiger partial charge in [0.25, 0.3) is 5.91 Å². The molecule has 8 nitrogen and oxygen atoms in total. The van der Waals surface area contributed by atoms with Crippen LogP contribution in [0.2, 0.25) is 5.02 Å². The quantitative estimate of drug-likeness (QED) is 0.425. The largest absolute Gasteiger partial charge is 0.508 e. The molecule has 2 aromatic carbocycles. The summed E-state index contributed by atoms with van der Waals surface area (Å²) < 4.78 is 19.5. The van der Waals surface area contributed by atoms with E-state index >= 15 is 0 Å². The summed E-state index contributed by atoms with van der Waals surface area (Å²) in [4.78, 5) is 36.1. The first-order valence-corrected chi connectivity index (χ1v) is 12.7. The Kier molecular flexibility index (Phi) is 6.64. The van der Waals surface area contributed by atoms with Gasteiger partial charge in [0, 0.05) is 49.8 Å². The maximum atomic E-state index is 14.3. The highest BCUT2D eigenvalue weighted by atomic mass is 35.5. The van der Waals surface area contributed by atoms with Crippen LogP contribution in [0.1, 0.15) is 36.7 Å². The average Bonchev–Trinajstić information content (AvgIpc) is 3.29. The van der Waals surface area contributed by atoms with Crippen LogP contribution in [0.25, 0.3) is 10.9 Å². The number of methoxy groups -OCH3 is 1. The van der Waals surface area contributed by atoms with Crippen LogP contribution in [0.4, 0.5) is 9.18 Å². The fourth-order valence-corrected chi connectivity index (χ4v) is 5.80. The van der Waals surface area contributed by atoms with Crippen LogP contribution in [0.3, 0.4) is 0 Å². The first-order valence-electron chi connectivity index (χ1n) is 12.3. The van der Waals surface area contributed by atoms with E-state index in [1.807, 2.05) is 13.0 Å². The summed E-state index contributed by atoms with van der Waals surface area (Å²) in [6, 6.07) is 8.46. The van der Waals surface area contributed by atoms with Crippen LogP contribution in [0, 0.1) is 5.82 Å². The molecule has 5 rings (SSSR count). The Hall–Kier alpha value is -3.14. The lowest BCUT2D eigenvalue weighted by molar-refractivity contribution is -0.133. The lowest BCUT2D eigenvalue weighted by Crippen LogP contribution is -2.53. The molecule has 0 saturated carbocycles. The van der Waals surface area contributed by atoms with Crippen molar-refractivity contribution in [3.63, 3.8) is 0 Å². The van der Waals surface area contributed by atoms with Crippen molar-refractivity contribution in [3.8, 4) is 5.75 Å². The number of likely N-dealkylation sites (N-methyl/N-ethyl adjacent to an activating group) is 1. The van der Waals surface area contributed by atoms with Gasteiger partial charge in [-0.25, -0.2) is 9.18 Å². The first-order chi connectivity index (χ1) is 17.7. The van der Waals surface area contributed by atoms with Crippen molar-refractivity contribution >= 4 is 34.4 Å². The van der Waals surface area contributed by atoms with E-state index in [1.165, 1.54) is 11.0 Å². The molecule has 3 heterocycles. The smallest absolute Gasteiger partial charge is 0.328 e. The number of aromatic amines is 1. The lowest BCUT2D eigenvalue weighted by Gasteiger charge is -2.42. The lowest BCUT2D eigenvalue weighted by atomic mass is 9.81. The third-order valence-electron chi connectivity index (χ3n) is 7.59. The van der Waals surface area contributed by atoms with Crippen LogP contribution < -0.4 is 0 Å². The highest BCUT2D eigenvalue weighted by molar-refractivity contribution is 6.31. The second-order valence-electron chi connectivity index (χ2n) is 9.81. The highest BCUT2D eigenvalue weighted by Crippen LogP contribution is 2.49. The first kappa shape index (κ1) is 25.5. The molecule has 1 fully saturated rings. The van der Waals surface area contributed by atoms with Crippen molar-refractivity contribution in [1.82, 2.24) is 19.7 Å². The molecule has 0 bridgehead atoms. The fourth-order valence-electron chi connectivity index (χ4n) is 5.64. The zero-order valence-electron chi connectivity index (χ0n) is 21.1. The minimum absolute atomic E-state index is 0.0121. The molecule has 2 N–H and O–H groups in total. The van der Waals surface area contributed by atoms with Crippen molar-refractivity contribution in [1.29, 1.82) is 0 Å². The Morgan fingerprint density at radius 3 is 2.76 bits per heavy atom. The van der Waals surface area contributed by atoms with Crippen LogP contribution in [0.15, 0.2) is 36.4 Å². The van der Waals surface area contributed by atoms with Crippen molar-refractivity contribution in [2.45, 2.75) is 31.8 Å². The number of halogens is 2. The van der Waals surface area contributed by atoms with Gasteiger partial charge in [-0.2, -0.15) is 0 Å². The van der Waals surface area contributed by atoms with Crippen LogP contribution in [-0.2, 0) is 16.0 Å². The molecule has 10 heteroatoms. The number of hydrogen-bond acceptors (Lipinski definition) is 5. The van der Waals surface area contributed by atoms with Crippen molar-refractivity contribution in [2.75, 3.05) is 39.9 Å². The maximum absolute atomic E-state index is 14.3. The number of amides is 3. The Morgan fingerprint density at radius 2 is 2.05 bits per heavy atom. The number of phenolic OH excluding ortho intramolecular Hbond substituents is 1. The van der Waals surface area contributed by atoms with Crippen LogP contribution in [-0.4, -0.2) is 82.2 Å². The summed E-state index contributed by atoms with van der Waals surface area (Å²) in [5.41, 5.74) is 1.50. The van der Waals surface area contributed by atoms with Crippen LogP contribution in [0.5, 0.6) is 5.75 Å². The molecule has 37 heavy (non-hydrogen) atoms. The van der Waals surface area contributed by atoms with Gasteiger partial charge in [-0.05, 0) is 48.9 Å². The zero-order valence-corrected chi connectivity index (χ0v) is 21.8. The van der Waals surface area contributed by atoms with Crippen LogP contribution >= 0.6 is 11.6 Å². The number of urea groups is 1. The summed E-state index contributed by atoms with van der Waals surface area (Å²) in [6.07, 6.45) is 0.252. The summed E-state index contributed by atoms with van der Waals surface area (Å²) in [5.74, 6) is -0.789. The Balaban J connectivity index is 1.60. The Morgan fingerprint density at radius 1 is 1.27 bits per heavy atom. The number of fused-ring (bicyclic) bond motifs is 4. The van der Waals surface area contributed by atoms with Gasteiger partial charge in [0.2, 0.25) is 0 Å². The van der Waals surface area contributed by atoms with E-state index in [0.29, 0.717) is 41.9 Å². The second-order valence-corrected chi connectivity index (χ2v) is 10.2. The number of phenols is 1. The number of H-pyrrole nitrogens is 1. The van der Waals surface area contributed by atoms with Gasteiger partial charge in [-0.1, -0.05) is 30.7 Å². The summed E-state index contributed by atoms with van der Waals surface area (Å²) in [6.45, 7) is 6.60. The zero-order chi connectivity index (χ0) is 26.5. The molecule has 2 atom stereocenters. The molecule has 0 radical (unpaired) electrons. The predicted octanol–water partition coefficient (Wildman–Crippen LogP) is 4.30. The summed E-state index contributed by atoms with van der Waals surface area (Å²) in [5, 5.41) is 10.9. The number of ether oxygens (including phenoxy) is 1. The third-order valence-corrected chi connectivity index (χ3v) is 7.88. The van der Waals surface area contributed by atoms with Gasteiger partial charge in [-0.3, -0.25) is 19.5 Å². The molecule has 196 valence electrons. The topological polar surface area (TPSA) is 89.1 Å². The minimum Gasteiger partial charge on any atom is -0.508 e. The average molecular weight is 529 g/mol. The molecular formula is C27H30ClFN4O4. The maximum Gasteiger partial charge on any atom is 0.328 e. The number of imide groups is 1. The number of nitrogens with one attached hydrogen (secondary N) is 1. The normalized spacial score (nSPS) is 21.3. The molecule has 3 amide bonds. The van der Waals surface area contributed by atoms with E-state index in [9.17, 15) is 19.1 Å². The van der Waals surface area contributed by atoms with Gasteiger partial charge in [0.1, 0.15) is 23.1 Å². The molecule has 1 saturated heterocycles. The van der Waals surface area contributed by atoms with Crippen molar-refractivity contribution in [3.05, 3.63) is 64.1 Å². The monoisotopic (exact) mass is 528 g/mol. The predicted molar refractivity (Wildman–Crippen MR) is 138 cm³/mol. The number of aromatic hydroxyl groups is 1. The third kappa shape index (κ3) is 4.15. The summed E-state index contributed by atoms with van der Waals surface area (Å²) in [7, 11) is 1.64. The Labute approximate surface area is 219 Å². The van der Waals surface area contributed by atoms with Gasteiger partial charge in [0.15, 0.2) is 0 Å². The number of hydrogen-bond donors (Lipinski definition) is 2. The molecule has 0 aliphatic carbocycles. The van der Waals surface area contributed by atoms with Gasteiger partial charge in [0.05, 0.1) is 11.6 Å². The van der Waals surface area contributed by atoms with E-state index in [4.69, 9.17) is 16.3 Å². The SMILES string of the molecule is CCN(CCOC)CCN1C(=O)N2[C@H](c3cccc(O)c3)c3[nH]c4cc(F)c(Cl)cc4c3C[C@@]2(C)C1=O. The van der Waals surface area contributed by atoms with E-state index < -0.39 is 23.4 Å². The second kappa shape index (κ2) is 9.63.